The Bertz CT molecular complexity index is 235. The minimum Gasteiger partial charge on any atom is -0.449 e. The lowest BCUT2D eigenvalue weighted by atomic mass is 9.87. The Morgan fingerprint density at radius 1 is 1.38 bits per heavy atom. The molecule has 2 N–H and O–H groups in total. The molecule has 2 atom stereocenters. The number of hydrogen-bond acceptors (Lipinski definition) is 3. The number of aliphatic hydroxyl groups excluding tert-OH is 1. The smallest absolute Gasteiger partial charge is 0.407 e. The summed E-state index contributed by atoms with van der Waals surface area (Å²) in [5.41, 5.74) is -0.276. The third-order valence-electron chi connectivity index (χ3n) is 2.77. The first-order chi connectivity index (χ1) is 7.38. The van der Waals surface area contributed by atoms with Crippen molar-refractivity contribution in [3.63, 3.8) is 0 Å². The Morgan fingerprint density at radius 2 is 2.00 bits per heavy atom. The number of carbonyl (C=O) groups excluding carboxylic acids is 1. The summed E-state index contributed by atoms with van der Waals surface area (Å²) in [7, 11) is 0. The van der Waals surface area contributed by atoms with Gasteiger partial charge in [-0.25, -0.2) is 4.79 Å². The molecule has 0 radical (unpaired) electrons. The monoisotopic (exact) mass is 229 g/mol. The van der Waals surface area contributed by atoms with Gasteiger partial charge in [0.2, 0.25) is 0 Å². The Hall–Kier alpha value is -0.770. The number of rotatable bonds is 2. The van der Waals surface area contributed by atoms with Crippen LogP contribution in [0.15, 0.2) is 0 Å². The summed E-state index contributed by atoms with van der Waals surface area (Å²) in [4.78, 5) is 11.4. The van der Waals surface area contributed by atoms with Gasteiger partial charge in [-0.3, -0.25) is 0 Å². The van der Waals surface area contributed by atoms with E-state index in [2.05, 4.69) is 5.32 Å². The fraction of sp³-hybridized carbons (Fsp3) is 0.917. The fourth-order valence-electron chi connectivity index (χ4n) is 1.91. The zero-order valence-corrected chi connectivity index (χ0v) is 10.5. The molecule has 1 amide bonds. The predicted molar refractivity (Wildman–Crippen MR) is 62.2 cm³/mol. The lowest BCUT2D eigenvalue weighted by molar-refractivity contribution is 0.0256. The Balaban J connectivity index is 2.25. The molecular weight excluding hydrogens is 206 g/mol. The minimum absolute atomic E-state index is 0.111. The number of nitrogens with one attached hydrogen (secondary N) is 1. The van der Waals surface area contributed by atoms with Crippen LogP contribution in [0, 0.1) is 5.92 Å². The van der Waals surface area contributed by atoms with Gasteiger partial charge in [-0.2, -0.15) is 0 Å². The average Bonchev–Trinajstić information content (AvgIpc) is 2.14. The van der Waals surface area contributed by atoms with Crippen molar-refractivity contribution < 1.29 is 14.6 Å². The van der Waals surface area contributed by atoms with Crippen LogP contribution < -0.4 is 5.32 Å². The zero-order valence-electron chi connectivity index (χ0n) is 10.5. The third kappa shape index (κ3) is 4.84. The van der Waals surface area contributed by atoms with E-state index >= 15 is 0 Å². The van der Waals surface area contributed by atoms with E-state index in [0.717, 1.165) is 25.7 Å². The van der Waals surface area contributed by atoms with Crippen LogP contribution in [0.1, 0.15) is 46.5 Å². The van der Waals surface area contributed by atoms with Crippen molar-refractivity contribution in [2.24, 2.45) is 5.92 Å². The van der Waals surface area contributed by atoms with E-state index in [4.69, 9.17) is 4.74 Å². The molecule has 0 aromatic heterocycles. The van der Waals surface area contributed by atoms with Gasteiger partial charge in [0.1, 0.15) is 0 Å². The van der Waals surface area contributed by atoms with Gasteiger partial charge < -0.3 is 15.2 Å². The van der Waals surface area contributed by atoms with Crippen LogP contribution in [-0.2, 0) is 4.74 Å². The Morgan fingerprint density at radius 3 is 2.56 bits per heavy atom. The van der Waals surface area contributed by atoms with Crippen molar-refractivity contribution in [2.45, 2.75) is 58.1 Å². The Kier molecular flexibility index (Phi) is 4.59. The second kappa shape index (κ2) is 5.53. The van der Waals surface area contributed by atoms with Crippen LogP contribution in [0.25, 0.3) is 0 Å². The molecule has 1 rings (SSSR count). The van der Waals surface area contributed by atoms with Crippen LogP contribution in [0.5, 0.6) is 0 Å². The fourth-order valence-corrected chi connectivity index (χ4v) is 1.91. The highest BCUT2D eigenvalue weighted by Crippen LogP contribution is 2.24. The average molecular weight is 229 g/mol. The molecule has 94 valence electrons. The number of hydrogen-bond donors (Lipinski definition) is 2. The highest BCUT2D eigenvalue weighted by atomic mass is 16.5. The highest BCUT2D eigenvalue weighted by molar-refractivity contribution is 5.68. The molecule has 0 spiro atoms. The number of carbonyl (C=O) groups is 1. The highest BCUT2D eigenvalue weighted by Gasteiger charge is 2.24. The maximum Gasteiger partial charge on any atom is 0.407 e. The van der Waals surface area contributed by atoms with Gasteiger partial charge in [-0.15, -0.1) is 0 Å². The van der Waals surface area contributed by atoms with Gasteiger partial charge in [0.15, 0.2) is 0 Å². The largest absolute Gasteiger partial charge is 0.449 e. The van der Waals surface area contributed by atoms with E-state index in [0.29, 0.717) is 6.61 Å². The first kappa shape index (κ1) is 13.3. The number of ether oxygens (including phenoxy) is 1. The van der Waals surface area contributed by atoms with Gasteiger partial charge in [0.25, 0.3) is 0 Å². The van der Waals surface area contributed by atoms with Gasteiger partial charge in [-0.1, -0.05) is 12.8 Å². The molecule has 0 bridgehead atoms. The van der Waals surface area contributed by atoms with Gasteiger partial charge in [0.05, 0.1) is 12.7 Å². The number of aliphatic hydroxyl groups is 1. The SMILES string of the molecule is CC(C)(C)NC(=O)OCC1CCCCC1O. The van der Waals surface area contributed by atoms with Gasteiger partial charge in [0, 0.05) is 11.5 Å². The van der Waals surface area contributed by atoms with Crippen molar-refractivity contribution in [3.8, 4) is 0 Å². The van der Waals surface area contributed by atoms with E-state index in [-0.39, 0.29) is 17.6 Å². The summed E-state index contributed by atoms with van der Waals surface area (Å²) in [6.45, 7) is 6.04. The van der Waals surface area contributed by atoms with Crippen molar-refractivity contribution >= 4 is 6.09 Å². The second-order valence-electron chi connectivity index (χ2n) is 5.59. The van der Waals surface area contributed by atoms with Crippen LogP contribution >= 0.6 is 0 Å². The van der Waals surface area contributed by atoms with Crippen molar-refractivity contribution in [1.29, 1.82) is 0 Å². The lowest BCUT2D eigenvalue weighted by Gasteiger charge is -2.27. The van der Waals surface area contributed by atoms with Crippen LogP contribution in [0.2, 0.25) is 0 Å². The summed E-state index contributed by atoms with van der Waals surface area (Å²) >= 11 is 0. The van der Waals surface area contributed by atoms with E-state index in [1.807, 2.05) is 20.8 Å². The maximum absolute atomic E-state index is 11.4. The van der Waals surface area contributed by atoms with Crippen LogP contribution in [0.4, 0.5) is 4.79 Å². The molecule has 0 aromatic rings. The molecule has 0 heterocycles. The number of amides is 1. The quantitative estimate of drug-likeness (QED) is 0.762. The summed E-state index contributed by atoms with van der Waals surface area (Å²) in [5, 5.41) is 12.4. The Labute approximate surface area is 97.4 Å². The summed E-state index contributed by atoms with van der Waals surface area (Å²) in [5.74, 6) is 0.111. The molecule has 1 aliphatic rings. The molecule has 4 nitrogen and oxygen atoms in total. The lowest BCUT2D eigenvalue weighted by Crippen LogP contribution is -2.42. The topological polar surface area (TPSA) is 58.6 Å². The molecule has 2 unspecified atom stereocenters. The third-order valence-corrected chi connectivity index (χ3v) is 2.77. The normalized spacial score (nSPS) is 26.2. The molecule has 1 aliphatic carbocycles. The van der Waals surface area contributed by atoms with Crippen molar-refractivity contribution in [2.75, 3.05) is 6.61 Å². The van der Waals surface area contributed by atoms with Gasteiger partial charge >= 0.3 is 6.09 Å². The summed E-state index contributed by atoms with van der Waals surface area (Å²) in [6, 6.07) is 0. The second-order valence-corrected chi connectivity index (χ2v) is 5.59. The molecular formula is C12H23NO3. The van der Waals surface area contributed by atoms with E-state index < -0.39 is 6.09 Å². The number of alkyl carbamates (subject to hydrolysis) is 1. The first-order valence-electron chi connectivity index (χ1n) is 6.01. The van der Waals surface area contributed by atoms with E-state index in [9.17, 15) is 9.90 Å². The molecule has 4 heteroatoms. The first-order valence-corrected chi connectivity index (χ1v) is 6.01. The maximum atomic E-state index is 11.4. The standard InChI is InChI=1S/C12H23NO3/c1-12(2,3)13-11(15)16-8-9-6-4-5-7-10(9)14/h9-10,14H,4-8H2,1-3H3,(H,13,15). The minimum atomic E-state index is -0.398. The molecule has 0 aliphatic heterocycles. The summed E-state index contributed by atoms with van der Waals surface area (Å²) < 4.78 is 5.12. The van der Waals surface area contributed by atoms with E-state index in [1.54, 1.807) is 0 Å². The molecule has 16 heavy (non-hydrogen) atoms. The molecule has 0 saturated heterocycles. The molecule has 1 saturated carbocycles. The predicted octanol–water partition coefficient (Wildman–Crippen LogP) is 2.06. The zero-order chi connectivity index (χ0) is 12.2. The van der Waals surface area contributed by atoms with E-state index in [1.165, 1.54) is 0 Å². The van der Waals surface area contributed by atoms with Crippen molar-refractivity contribution in [1.82, 2.24) is 5.32 Å². The molecule has 1 fully saturated rings. The van der Waals surface area contributed by atoms with Crippen molar-refractivity contribution in [3.05, 3.63) is 0 Å². The van der Waals surface area contributed by atoms with Crippen LogP contribution in [-0.4, -0.2) is 29.4 Å². The summed E-state index contributed by atoms with van der Waals surface area (Å²) in [6.07, 6.45) is 3.26. The van der Waals surface area contributed by atoms with Crippen LogP contribution in [0.3, 0.4) is 0 Å². The van der Waals surface area contributed by atoms with Gasteiger partial charge in [-0.05, 0) is 33.6 Å². The molecule has 0 aromatic carbocycles.